The molecular weight excluding hydrogens is 311 g/mol. The number of nitrogens with one attached hydrogen (secondary N) is 1. The second-order valence-electron chi connectivity index (χ2n) is 6.50. The molecule has 2 unspecified atom stereocenters. The van der Waals surface area contributed by atoms with E-state index in [9.17, 15) is 14.0 Å². The molecule has 24 heavy (non-hydrogen) atoms. The van der Waals surface area contributed by atoms with E-state index in [1.807, 2.05) is 0 Å². The topological polar surface area (TPSA) is 58.6 Å². The van der Waals surface area contributed by atoms with Crippen LogP contribution in [0.5, 0.6) is 0 Å². The lowest BCUT2D eigenvalue weighted by atomic mass is 10.1. The molecule has 6 heteroatoms. The third kappa shape index (κ3) is 4.32. The molecule has 0 saturated carbocycles. The minimum Gasteiger partial charge on any atom is -0.376 e. The second kappa shape index (κ2) is 7.75. The quantitative estimate of drug-likeness (QED) is 0.858. The molecule has 2 fully saturated rings. The molecule has 1 aromatic carbocycles. The normalized spacial score (nSPS) is 23.7. The summed E-state index contributed by atoms with van der Waals surface area (Å²) in [7, 11) is 0. The standard InChI is InChI=1S/C18H23FN2O3/c19-15-5-3-13(4-6-15)7-8-21-12-14(10-17(21)22)18(23)20-11-16-2-1-9-24-16/h3-6,14,16H,1-2,7-12H2,(H,20,23). The number of nitrogens with zero attached hydrogens (tertiary/aromatic N) is 1. The second-order valence-corrected chi connectivity index (χ2v) is 6.50. The minimum atomic E-state index is -0.285. The minimum absolute atomic E-state index is 0.00868. The lowest BCUT2D eigenvalue weighted by Crippen LogP contribution is -2.37. The van der Waals surface area contributed by atoms with Crippen molar-refractivity contribution >= 4 is 11.8 Å². The maximum atomic E-state index is 12.9. The predicted molar refractivity (Wildman–Crippen MR) is 86.8 cm³/mol. The van der Waals surface area contributed by atoms with Crippen LogP contribution in [-0.2, 0) is 20.7 Å². The number of rotatable bonds is 6. The fraction of sp³-hybridized carbons (Fsp3) is 0.556. The van der Waals surface area contributed by atoms with Gasteiger partial charge in [0.25, 0.3) is 0 Å². The molecule has 3 rings (SSSR count). The zero-order valence-corrected chi connectivity index (χ0v) is 13.7. The molecule has 1 N–H and O–H groups in total. The maximum Gasteiger partial charge on any atom is 0.225 e. The van der Waals surface area contributed by atoms with Gasteiger partial charge in [-0.25, -0.2) is 4.39 Å². The van der Waals surface area contributed by atoms with Gasteiger partial charge in [-0.15, -0.1) is 0 Å². The molecule has 130 valence electrons. The molecule has 0 spiro atoms. The van der Waals surface area contributed by atoms with Gasteiger partial charge in [-0.2, -0.15) is 0 Å². The number of carbonyl (C=O) groups excluding carboxylic acids is 2. The van der Waals surface area contributed by atoms with Crippen molar-refractivity contribution in [2.45, 2.75) is 31.8 Å². The van der Waals surface area contributed by atoms with Crippen molar-refractivity contribution in [2.75, 3.05) is 26.2 Å². The fourth-order valence-electron chi connectivity index (χ4n) is 3.24. The molecule has 5 nitrogen and oxygen atoms in total. The monoisotopic (exact) mass is 334 g/mol. The zero-order valence-electron chi connectivity index (χ0n) is 13.7. The molecule has 0 aromatic heterocycles. The van der Waals surface area contributed by atoms with Crippen LogP contribution in [0.4, 0.5) is 4.39 Å². The first kappa shape index (κ1) is 16.9. The van der Waals surface area contributed by atoms with E-state index in [2.05, 4.69) is 5.32 Å². The summed E-state index contributed by atoms with van der Waals surface area (Å²) in [5.41, 5.74) is 0.982. The summed E-state index contributed by atoms with van der Waals surface area (Å²) >= 11 is 0. The largest absolute Gasteiger partial charge is 0.376 e. The van der Waals surface area contributed by atoms with E-state index in [0.717, 1.165) is 25.0 Å². The van der Waals surface area contributed by atoms with Crippen LogP contribution in [0.2, 0.25) is 0 Å². The average molecular weight is 334 g/mol. The number of hydrogen-bond acceptors (Lipinski definition) is 3. The molecule has 0 bridgehead atoms. The Morgan fingerprint density at radius 1 is 1.33 bits per heavy atom. The van der Waals surface area contributed by atoms with Crippen LogP contribution in [0, 0.1) is 11.7 Å². The summed E-state index contributed by atoms with van der Waals surface area (Å²) in [6, 6.07) is 6.29. The van der Waals surface area contributed by atoms with E-state index in [1.165, 1.54) is 12.1 Å². The van der Waals surface area contributed by atoms with Gasteiger partial charge >= 0.3 is 0 Å². The van der Waals surface area contributed by atoms with Gasteiger partial charge in [-0.1, -0.05) is 12.1 Å². The van der Waals surface area contributed by atoms with Crippen LogP contribution >= 0.6 is 0 Å². The van der Waals surface area contributed by atoms with Gasteiger partial charge in [-0.3, -0.25) is 9.59 Å². The summed E-state index contributed by atoms with van der Waals surface area (Å²) in [5.74, 6) is -0.608. The Kier molecular flexibility index (Phi) is 5.45. The summed E-state index contributed by atoms with van der Waals surface area (Å²) in [5, 5.41) is 2.90. The number of amides is 2. The third-order valence-corrected chi connectivity index (χ3v) is 4.70. The van der Waals surface area contributed by atoms with Crippen molar-refractivity contribution in [3.05, 3.63) is 35.6 Å². The molecule has 2 aliphatic heterocycles. The molecule has 2 atom stereocenters. The molecule has 0 aliphatic carbocycles. The Morgan fingerprint density at radius 3 is 2.83 bits per heavy atom. The molecule has 2 amide bonds. The number of ether oxygens (including phenoxy) is 1. The lowest BCUT2D eigenvalue weighted by Gasteiger charge is -2.17. The summed E-state index contributed by atoms with van der Waals surface area (Å²) < 4.78 is 18.4. The van der Waals surface area contributed by atoms with Gasteiger partial charge in [0.1, 0.15) is 5.82 Å². The first-order chi connectivity index (χ1) is 11.6. The lowest BCUT2D eigenvalue weighted by molar-refractivity contribution is -0.129. The predicted octanol–water partition coefficient (Wildman–Crippen LogP) is 1.51. The fourth-order valence-corrected chi connectivity index (χ4v) is 3.24. The highest BCUT2D eigenvalue weighted by atomic mass is 19.1. The van der Waals surface area contributed by atoms with Gasteiger partial charge in [0.2, 0.25) is 11.8 Å². The van der Waals surface area contributed by atoms with Crippen LogP contribution in [-0.4, -0.2) is 49.1 Å². The first-order valence-corrected chi connectivity index (χ1v) is 8.53. The molecule has 2 aliphatic rings. The number of likely N-dealkylation sites (tertiary alicyclic amines) is 1. The van der Waals surface area contributed by atoms with Crippen molar-refractivity contribution in [3.8, 4) is 0 Å². The van der Waals surface area contributed by atoms with Gasteiger partial charge in [-0.05, 0) is 37.0 Å². The van der Waals surface area contributed by atoms with Gasteiger partial charge in [0.05, 0.1) is 12.0 Å². The van der Waals surface area contributed by atoms with E-state index in [-0.39, 0.29) is 36.1 Å². The smallest absolute Gasteiger partial charge is 0.225 e. The molecule has 2 heterocycles. The Labute approximate surface area is 141 Å². The highest BCUT2D eigenvalue weighted by molar-refractivity contribution is 5.89. The number of halogens is 1. The summed E-state index contributed by atoms with van der Waals surface area (Å²) in [4.78, 5) is 26.0. The van der Waals surface area contributed by atoms with Gasteiger partial charge in [0, 0.05) is 32.7 Å². The van der Waals surface area contributed by atoms with Gasteiger partial charge in [0.15, 0.2) is 0 Å². The zero-order chi connectivity index (χ0) is 16.9. The molecule has 0 radical (unpaired) electrons. The van der Waals surface area contributed by atoms with Crippen LogP contribution in [0.1, 0.15) is 24.8 Å². The Bertz CT molecular complexity index is 584. The number of hydrogen-bond donors (Lipinski definition) is 1. The van der Waals surface area contributed by atoms with E-state index in [0.29, 0.717) is 26.1 Å². The van der Waals surface area contributed by atoms with Crippen molar-refractivity contribution in [1.82, 2.24) is 10.2 Å². The van der Waals surface area contributed by atoms with Gasteiger partial charge < -0.3 is 15.0 Å². The third-order valence-electron chi connectivity index (χ3n) is 4.70. The highest BCUT2D eigenvalue weighted by Crippen LogP contribution is 2.19. The van der Waals surface area contributed by atoms with Crippen molar-refractivity contribution in [2.24, 2.45) is 5.92 Å². The SMILES string of the molecule is O=C(NCC1CCCO1)C1CC(=O)N(CCc2ccc(F)cc2)C1. The Balaban J connectivity index is 1.44. The first-order valence-electron chi connectivity index (χ1n) is 8.53. The van der Waals surface area contributed by atoms with Crippen LogP contribution < -0.4 is 5.32 Å². The maximum absolute atomic E-state index is 12.9. The molecule has 1 aromatic rings. The van der Waals surface area contributed by atoms with Crippen molar-refractivity contribution in [1.29, 1.82) is 0 Å². The average Bonchev–Trinajstić information content (AvgIpc) is 3.22. The van der Waals surface area contributed by atoms with E-state index >= 15 is 0 Å². The number of carbonyl (C=O) groups is 2. The van der Waals surface area contributed by atoms with Crippen molar-refractivity contribution < 1.29 is 18.7 Å². The van der Waals surface area contributed by atoms with Crippen LogP contribution in [0.25, 0.3) is 0 Å². The van der Waals surface area contributed by atoms with E-state index in [1.54, 1.807) is 17.0 Å². The van der Waals surface area contributed by atoms with E-state index in [4.69, 9.17) is 4.74 Å². The number of benzene rings is 1. The highest BCUT2D eigenvalue weighted by Gasteiger charge is 2.34. The Hall–Kier alpha value is -1.95. The van der Waals surface area contributed by atoms with E-state index < -0.39 is 0 Å². The summed E-state index contributed by atoms with van der Waals surface area (Å²) in [6.45, 7) is 2.30. The van der Waals surface area contributed by atoms with Crippen LogP contribution in [0.15, 0.2) is 24.3 Å². The van der Waals surface area contributed by atoms with Crippen LogP contribution in [0.3, 0.4) is 0 Å². The van der Waals surface area contributed by atoms with Crippen molar-refractivity contribution in [3.63, 3.8) is 0 Å². The molecule has 2 saturated heterocycles. The summed E-state index contributed by atoms with van der Waals surface area (Å²) in [6.07, 6.45) is 3.06. The Morgan fingerprint density at radius 2 is 2.12 bits per heavy atom. The molecular formula is C18H23FN2O3.